The van der Waals surface area contributed by atoms with Crippen molar-refractivity contribution in [2.24, 2.45) is 4.40 Å². The number of aliphatic hydroxyl groups excluding tert-OH is 1. The second kappa shape index (κ2) is 8.00. The van der Waals surface area contributed by atoms with Gasteiger partial charge in [0.25, 0.3) is 0 Å². The smallest absolute Gasteiger partial charge is 0.308 e. The Morgan fingerprint density at radius 3 is 2.35 bits per heavy atom. The number of carbonyl (C=O) groups is 1. The minimum atomic E-state index is -1.28. The van der Waals surface area contributed by atoms with Crippen molar-refractivity contribution < 1.29 is 19.2 Å². The van der Waals surface area contributed by atoms with Gasteiger partial charge in [-0.1, -0.05) is 4.40 Å². The first-order valence-corrected chi connectivity index (χ1v) is 7.87. The molecule has 20 heavy (non-hydrogen) atoms. The molecule has 0 aromatic rings. The number of carbonyl (C=O) groups excluding carboxylic acids is 1. The molecule has 0 spiro atoms. The molecule has 0 fully saturated rings. The van der Waals surface area contributed by atoms with Crippen molar-refractivity contribution >= 4 is 23.5 Å². The van der Waals surface area contributed by atoms with Gasteiger partial charge in [0.1, 0.15) is 21.7 Å². The van der Waals surface area contributed by atoms with Crippen LogP contribution in [0.15, 0.2) is 4.40 Å². The first kappa shape index (κ1) is 19.4. The standard InChI is InChI=1S/C14H27NO4S/c1-13(2,3)19-12(17)10-11(16)8-7-9-15-20(18)14(4,5)6/h9,11,16H,7-8,10H2,1-6H3/t11-,20?/m0/s1. The Hall–Kier alpha value is -0.590. The summed E-state index contributed by atoms with van der Waals surface area (Å²) in [7, 11) is 0. The second-order valence-electron chi connectivity index (χ2n) is 6.67. The second-order valence-corrected chi connectivity index (χ2v) is 8.61. The molecule has 0 rings (SSSR count). The minimum Gasteiger partial charge on any atom is -0.591 e. The minimum absolute atomic E-state index is 0.0343. The molecular formula is C14H27NO4S. The fourth-order valence-electron chi connectivity index (χ4n) is 1.22. The molecule has 5 nitrogen and oxygen atoms in total. The predicted octanol–water partition coefficient (Wildman–Crippen LogP) is 2.39. The molecule has 118 valence electrons. The van der Waals surface area contributed by atoms with Gasteiger partial charge in [-0.3, -0.25) is 4.79 Å². The molecule has 0 aliphatic rings. The predicted molar refractivity (Wildman–Crippen MR) is 82.1 cm³/mol. The van der Waals surface area contributed by atoms with E-state index in [4.69, 9.17) is 4.74 Å². The number of esters is 1. The van der Waals surface area contributed by atoms with Crippen LogP contribution in [0, 0.1) is 0 Å². The van der Waals surface area contributed by atoms with E-state index in [1.807, 2.05) is 20.8 Å². The number of nitrogens with zero attached hydrogens (tertiary/aromatic N) is 1. The summed E-state index contributed by atoms with van der Waals surface area (Å²) < 4.78 is 20.3. The van der Waals surface area contributed by atoms with Gasteiger partial charge in [0.15, 0.2) is 0 Å². The monoisotopic (exact) mass is 305 g/mol. The van der Waals surface area contributed by atoms with Crippen molar-refractivity contribution in [3.8, 4) is 0 Å². The maximum Gasteiger partial charge on any atom is 0.308 e. The molecule has 2 atom stereocenters. The highest BCUT2D eigenvalue weighted by molar-refractivity contribution is 7.91. The van der Waals surface area contributed by atoms with Crippen LogP contribution in [-0.2, 0) is 20.9 Å². The van der Waals surface area contributed by atoms with Gasteiger partial charge in [0.2, 0.25) is 0 Å². The number of ether oxygens (including phenoxy) is 1. The lowest BCUT2D eigenvalue weighted by Gasteiger charge is -2.20. The van der Waals surface area contributed by atoms with Gasteiger partial charge in [0.05, 0.1) is 18.7 Å². The van der Waals surface area contributed by atoms with E-state index in [1.165, 1.54) is 0 Å². The van der Waals surface area contributed by atoms with Crippen LogP contribution in [0.2, 0.25) is 0 Å². The fraction of sp³-hybridized carbons (Fsp3) is 0.857. The van der Waals surface area contributed by atoms with E-state index in [9.17, 15) is 14.5 Å². The number of aliphatic hydroxyl groups is 1. The summed E-state index contributed by atoms with van der Waals surface area (Å²) >= 11 is -1.28. The molecule has 0 aromatic carbocycles. The van der Waals surface area contributed by atoms with E-state index in [1.54, 1.807) is 27.0 Å². The molecule has 0 aliphatic heterocycles. The molecule has 0 bridgehead atoms. The lowest BCUT2D eigenvalue weighted by atomic mass is 10.1. The summed E-state index contributed by atoms with van der Waals surface area (Å²) in [4.78, 5) is 11.5. The third kappa shape index (κ3) is 10.2. The largest absolute Gasteiger partial charge is 0.591 e. The molecule has 6 heteroatoms. The zero-order valence-corrected chi connectivity index (χ0v) is 14.1. The molecule has 1 N–H and O–H groups in total. The van der Waals surface area contributed by atoms with E-state index >= 15 is 0 Å². The molecule has 0 saturated heterocycles. The van der Waals surface area contributed by atoms with E-state index in [-0.39, 0.29) is 11.2 Å². The first-order chi connectivity index (χ1) is 8.92. The average molecular weight is 305 g/mol. The van der Waals surface area contributed by atoms with Crippen molar-refractivity contribution in [2.45, 2.75) is 77.3 Å². The van der Waals surface area contributed by atoms with Crippen molar-refractivity contribution in [3.05, 3.63) is 0 Å². The van der Waals surface area contributed by atoms with Gasteiger partial charge in [-0.15, -0.1) is 0 Å². The van der Waals surface area contributed by atoms with Gasteiger partial charge < -0.3 is 14.4 Å². The lowest BCUT2D eigenvalue weighted by molar-refractivity contribution is -0.157. The van der Waals surface area contributed by atoms with Crippen LogP contribution in [0.1, 0.15) is 60.8 Å². The average Bonchev–Trinajstić information content (AvgIpc) is 2.19. The van der Waals surface area contributed by atoms with Crippen LogP contribution in [-0.4, -0.2) is 38.3 Å². The zero-order chi connectivity index (χ0) is 16.0. The molecule has 0 heterocycles. The maximum atomic E-state index is 11.6. The molecular weight excluding hydrogens is 278 g/mol. The van der Waals surface area contributed by atoms with Gasteiger partial charge in [0, 0.05) is 0 Å². The maximum absolute atomic E-state index is 11.6. The summed E-state index contributed by atoms with van der Waals surface area (Å²) in [6.07, 6.45) is 1.61. The summed E-state index contributed by atoms with van der Waals surface area (Å²) in [6, 6.07) is 0. The molecule has 0 aromatic heterocycles. The summed E-state index contributed by atoms with van der Waals surface area (Å²) in [5.74, 6) is -0.416. The highest BCUT2D eigenvalue weighted by Crippen LogP contribution is 2.16. The number of hydrogen-bond donors (Lipinski definition) is 1. The van der Waals surface area contributed by atoms with Crippen LogP contribution >= 0.6 is 0 Å². The van der Waals surface area contributed by atoms with Gasteiger partial charge in [-0.05, 0) is 54.4 Å². The Morgan fingerprint density at radius 2 is 1.90 bits per heavy atom. The Kier molecular flexibility index (Phi) is 7.76. The fourth-order valence-corrected chi connectivity index (χ4v) is 1.78. The number of rotatable bonds is 6. The van der Waals surface area contributed by atoms with Gasteiger partial charge in [-0.25, -0.2) is 0 Å². The van der Waals surface area contributed by atoms with Crippen molar-refractivity contribution in [1.29, 1.82) is 0 Å². The van der Waals surface area contributed by atoms with Crippen molar-refractivity contribution in [2.75, 3.05) is 0 Å². The summed E-state index contributed by atoms with van der Waals surface area (Å²) in [5.41, 5.74) is -0.540. The molecule has 0 aliphatic carbocycles. The van der Waals surface area contributed by atoms with E-state index in [0.717, 1.165) is 0 Å². The SMILES string of the molecule is CC(C)(C)OC(=O)C[C@@H](O)CCC=N[S+]([O-])C(C)(C)C. The highest BCUT2D eigenvalue weighted by Gasteiger charge is 2.25. The van der Waals surface area contributed by atoms with Gasteiger partial charge in [-0.2, -0.15) is 0 Å². The zero-order valence-electron chi connectivity index (χ0n) is 13.3. The molecule has 0 radical (unpaired) electrons. The van der Waals surface area contributed by atoms with Crippen LogP contribution < -0.4 is 0 Å². The van der Waals surface area contributed by atoms with Crippen LogP contribution in [0.5, 0.6) is 0 Å². The Bertz CT molecular complexity index is 331. The number of hydrogen-bond acceptors (Lipinski definition) is 5. The van der Waals surface area contributed by atoms with Crippen molar-refractivity contribution in [3.63, 3.8) is 0 Å². The lowest BCUT2D eigenvalue weighted by Crippen LogP contribution is -2.26. The Balaban J connectivity index is 3.98. The third-order valence-electron chi connectivity index (χ3n) is 2.15. The van der Waals surface area contributed by atoms with Crippen LogP contribution in [0.25, 0.3) is 0 Å². The Morgan fingerprint density at radius 1 is 1.35 bits per heavy atom. The summed E-state index contributed by atoms with van der Waals surface area (Å²) in [5, 5.41) is 9.70. The van der Waals surface area contributed by atoms with E-state index < -0.39 is 29.0 Å². The van der Waals surface area contributed by atoms with Crippen LogP contribution in [0.3, 0.4) is 0 Å². The quantitative estimate of drug-likeness (QED) is 0.464. The topological polar surface area (TPSA) is 82.0 Å². The van der Waals surface area contributed by atoms with E-state index in [0.29, 0.717) is 12.8 Å². The van der Waals surface area contributed by atoms with E-state index in [2.05, 4.69) is 4.40 Å². The normalized spacial score (nSPS) is 16.2. The highest BCUT2D eigenvalue weighted by atomic mass is 32.2. The van der Waals surface area contributed by atoms with Crippen LogP contribution in [0.4, 0.5) is 0 Å². The molecule has 0 amide bonds. The van der Waals surface area contributed by atoms with Crippen molar-refractivity contribution in [1.82, 2.24) is 0 Å². The van der Waals surface area contributed by atoms with Gasteiger partial charge >= 0.3 is 5.97 Å². The summed E-state index contributed by atoms with van der Waals surface area (Å²) in [6.45, 7) is 10.9. The molecule has 1 unspecified atom stereocenters. The molecule has 0 saturated carbocycles. The third-order valence-corrected chi connectivity index (χ3v) is 3.53. The first-order valence-electron chi connectivity index (χ1n) is 6.76. The Labute approximate surface area is 125 Å².